The quantitative estimate of drug-likeness (QED) is 0.615. The predicted octanol–water partition coefficient (Wildman–Crippen LogP) is 2.31. The van der Waals surface area contributed by atoms with Crippen molar-refractivity contribution in [2.45, 2.75) is 13.3 Å². The van der Waals surface area contributed by atoms with Gasteiger partial charge < -0.3 is 9.84 Å². The first-order valence-electron chi connectivity index (χ1n) is 3.64. The molecule has 0 fully saturated rings. The molecule has 0 amide bonds. The van der Waals surface area contributed by atoms with Crippen molar-refractivity contribution in [3.8, 4) is 0 Å². The number of methoxy groups -OCH3 is 1. The van der Waals surface area contributed by atoms with E-state index in [-0.39, 0.29) is 5.95 Å². The van der Waals surface area contributed by atoms with E-state index in [0.717, 1.165) is 17.6 Å². The monoisotopic (exact) mass is 152 g/mol. The van der Waals surface area contributed by atoms with Crippen LogP contribution in [-0.2, 0) is 4.74 Å². The summed E-state index contributed by atoms with van der Waals surface area (Å²) in [7, 11) is 1.46. The summed E-state index contributed by atoms with van der Waals surface area (Å²) in [4.78, 5) is 0. The van der Waals surface area contributed by atoms with E-state index in [9.17, 15) is 5.11 Å². The summed E-state index contributed by atoms with van der Waals surface area (Å²) >= 11 is 0. The number of allylic oxidation sites excluding steroid dienone is 5. The summed E-state index contributed by atoms with van der Waals surface area (Å²) in [5.41, 5.74) is 1.92. The minimum Gasteiger partial charge on any atom is -0.481 e. The zero-order valence-corrected chi connectivity index (χ0v) is 6.79. The van der Waals surface area contributed by atoms with Crippen molar-refractivity contribution >= 4 is 0 Å². The zero-order chi connectivity index (χ0) is 8.27. The Hall–Kier alpha value is -1.18. The molecule has 0 atom stereocenters. The molecule has 0 radical (unpaired) electrons. The molecule has 0 aromatic carbocycles. The second kappa shape index (κ2) is 3.28. The van der Waals surface area contributed by atoms with Crippen LogP contribution in [0.4, 0.5) is 0 Å². The van der Waals surface area contributed by atoms with Crippen molar-refractivity contribution in [3.05, 3.63) is 35.3 Å². The van der Waals surface area contributed by atoms with E-state index in [0.29, 0.717) is 0 Å². The van der Waals surface area contributed by atoms with Gasteiger partial charge in [-0.15, -0.1) is 0 Å². The average molecular weight is 152 g/mol. The topological polar surface area (TPSA) is 29.5 Å². The maximum Gasteiger partial charge on any atom is 0.284 e. The summed E-state index contributed by atoms with van der Waals surface area (Å²) in [6.07, 6.45) is 6.64. The van der Waals surface area contributed by atoms with Gasteiger partial charge in [0.15, 0.2) is 0 Å². The molecule has 60 valence electrons. The third kappa shape index (κ3) is 1.45. The van der Waals surface area contributed by atoms with Gasteiger partial charge in [0.25, 0.3) is 5.95 Å². The van der Waals surface area contributed by atoms with Gasteiger partial charge in [0, 0.05) is 0 Å². The lowest BCUT2D eigenvalue weighted by molar-refractivity contribution is 0.133. The Kier molecular flexibility index (Phi) is 2.36. The van der Waals surface area contributed by atoms with Gasteiger partial charge in [0.1, 0.15) is 0 Å². The second-order valence-electron chi connectivity index (χ2n) is 2.33. The van der Waals surface area contributed by atoms with E-state index in [2.05, 4.69) is 0 Å². The van der Waals surface area contributed by atoms with Crippen molar-refractivity contribution < 1.29 is 9.84 Å². The predicted molar refractivity (Wildman–Crippen MR) is 44.2 cm³/mol. The first kappa shape index (κ1) is 7.92. The molecule has 2 heteroatoms. The maximum absolute atomic E-state index is 9.22. The van der Waals surface area contributed by atoms with E-state index >= 15 is 0 Å². The molecule has 1 N–H and O–H groups in total. The van der Waals surface area contributed by atoms with E-state index in [1.165, 1.54) is 7.11 Å². The Balaban J connectivity index is 2.90. The largest absolute Gasteiger partial charge is 0.481 e. The number of hydrogen-bond donors (Lipinski definition) is 1. The minimum absolute atomic E-state index is 0.00634. The van der Waals surface area contributed by atoms with Crippen molar-refractivity contribution in [1.82, 2.24) is 0 Å². The molecule has 0 saturated carbocycles. The normalized spacial score (nSPS) is 20.0. The number of aliphatic hydroxyl groups excluding tert-OH is 1. The maximum atomic E-state index is 9.22. The summed E-state index contributed by atoms with van der Waals surface area (Å²) in [6.45, 7) is 2.04. The molecule has 0 aromatic heterocycles. The Morgan fingerprint density at radius 1 is 1.64 bits per heavy atom. The molecule has 0 unspecified atom stereocenters. The third-order valence-electron chi connectivity index (χ3n) is 1.71. The van der Waals surface area contributed by atoms with Crippen LogP contribution in [0.1, 0.15) is 13.3 Å². The van der Waals surface area contributed by atoms with Crippen LogP contribution < -0.4 is 0 Å². The summed E-state index contributed by atoms with van der Waals surface area (Å²) in [5.74, 6) is 0.00634. The molecule has 0 aromatic rings. The van der Waals surface area contributed by atoms with Gasteiger partial charge in [-0.25, -0.2) is 0 Å². The van der Waals surface area contributed by atoms with Crippen molar-refractivity contribution in [2.75, 3.05) is 7.11 Å². The molecule has 2 nitrogen and oxygen atoms in total. The van der Waals surface area contributed by atoms with Gasteiger partial charge in [-0.3, -0.25) is 0 Å². The number of rotatable bonds is 2. The fourth-order valence-electron chi connectivity index (χ4n) is 1.08. The molecule has 0 heterocycles. The Morgan fingerprint density at radius 2 is 2.36 bits per heavy atom. The average Bonchev–Trinajstić information content (AvgIpc) is 2.50. The van der Waals surface area contributed by atoms with Crippen molar-refractivity contribution in [3.63, 3.8) is 0 Å². The van der Waals surface area contributed by atoms with Gasteiger partial charge in [-0.2, -0.15) is 0 Å². The van der Waals surface area contributed by atoms with E-state index in [1.807, 2.05) is 25.2 Å². The molecule has 0 bridgehead atoms. The Labute approximate surface area is 66.5 Å². The van der Waals surface area contributed by atoms with Crippen LogP contribution in [0.2, 0.25) is 0 Å². The second-order valence-corrected chi connectivity index (χ2v) is 2.33. The Bertz CT molecular complexity index is 234. The van der Waals surface area contributed by atoms with Gasteiger partial charge in [0.05, 0.1) is 12.7 Å². The molecule has 0 aliphatic heterocycles. The fraction of sp³-hybridized carbons (Fsp3) is 0.333. The highest BCUT2D eigenvalue weighted by Gasteiger charge is 2.10. The summed E-state index contributed by atoms with van der Waals surface area (Å²) in [5, 5.41) is 9.22. The SMILES string of the molecule is CCC1=CC=CC1=C(O)OC. The molecule has 11 heavy (non-hydrogen) atoms. The minimum atomic E-state index is 0.00634. The van der Waals surface area contributed by atoms with Gasteiger partial charge in [-0.05, 0) is 18.1 Å². The van der Waals surface area contributed by atoms with E-state index in [1.54, 1.807) is 0 Å². The van der Waals surface area contributed by atoms with Gasteiger partial charge >= 0.3 is 0 Å². The van der Waals surface area contributed by atoms with Gasteiger partial charge in [-0.1, -0.05) is 19.1 Å². The highest BCUT2D eigenvalue weighted by Crippen LogP contribution is 2.23. The summed E-state index contributed by atoms with van der Waals surface area (Å²) < 4.78 is 4.71. The standard InChI is InChI=1S/C9H12O2/c1-3-7-5-4-6-8(7)9(10)11-2/h4-6,10H,3H2,1-2H3. The lowest BCUT2D eigenvalue weighted by atomic mass is 10.1. The van der Waals surface area contributed by atoms with Gasteiger partial charge in [0.2, 0.25) is 0 Å². The first-order chi connectivity index (χ1) is 5.29. The molecule has 1 rings (SSSR count). The van der Waals surface area contributed by atoms with Crippen LogP contribution in [0.15, 0.2) is 35.3 Å². The lowest BCUT2D eigenvalue weighted by Gasteiger charge is -2.03. The Morgan fingerprint density at radius 3 is 2.91 bits per heavy atom. The first-order valence-corrected chi connectivity index (χ1v) is 3.64. The highest BCUT2D eigenvalue weighted by molar-refractivity contribution is 5.48. The van der Waals surface area contributed by atoms with Crippen LogP contribution in [0.3, 0.4) is 0 Å². The summed E-state index contributed by atoms with van der Waals surface area (Å²) in [6, 6.07) is 0. The molecular formula is C9H12O2. The number of aliphatic hydroxyl groups is 1. The molecule has 1 aliphatic rings. The van der Waals surface area contributed by atoms with E-state index < -0.39 is 0 Å². The van der Waals surface area contributed by atoms with Crippen LogP contribution in [0.5, 0.6) is 0 Å². The van der Waals surface area contributed by atoms with Crippen molar-refractivity contribution in [1.29, 1.82) is 0 Å². The smallest absolute Gasteiger partial charge is 0.284 e. The molecule has 0 saturated heterocycles. The third-order valence-corrected chi connectivity index (χ3v) is 1.71. The van der Waals surface area contributed by atoms with Crippen molar-refractivity contribution in [2.24, 2.45) is 0 Å². The van der Waals surface area contributed by atoms with Crippen LogP contribution in [0, 0.1) is 0 Å². The fourth-order valence-corrected chi connectivity index (χ4v) is 1.08. The zero-order valence-electron chi connectivity index (χ0n) is 6.79. The van der Waals surface area contributed by atoms with Crippen LogP contribution >= 0.6 is 0 Å². The highest BCUT2D eigenvalue weighted by atomic mass is 16.6. The number of ether oxygens (including phenoxy) is 1. The molecule has 0 spiro atoms. The van der Waals surface area contributed by atoms with Crippen LogP contribution in [-0.4, -0.2) is 12.2 Å². The lowest BCUT2D eigenvalue weighted by Crippen LogP contribution is -1.92. The molecule has 1 aliphatic carbocycles. The molecular weight excluding hydrogens is 140 g/mol. The van der Waals surface area contributed by atoms with E-state index in [4.69, 9.17) is 4.74 Å². The number of hydrogen-bond acceptors (Lipinski definition) is 2. The van der Waals surface area contributed by atoms with Crippen LogP contribution in [0.25, 0.3) is 0 Å².